The number of hydrogen-bond acceptors (Lipinski definition) is 9. The number of amides is 1. The van der Waals surface area contributed by atoms with Crippen LogP contribution in [-0.2, 0) is 14.3 Å². The van der Waals surface area contributed by atoms with Gasteiger partial charge in [0.15, 0.2) is 5.13 Å². The molecule has 3 aromatic rings. The van der Waals surface area contributed by atoms with Crippen LogP contribution in [0.3, 0.4) is 0 Å². The number of carbonyl (C=O) groups is 3. The number of nitrogens with zero attached hydrogens (tertiary/aromatic N) is 2. The zero-order valence-electron chi connectivity index (χ0n) is 19.4. The Morgan fingerprint density at radius 1 is 1.20 bits per heavy atom. The van der Waals surface area contributed by atoms with E-state index in [1.165, 1.54) is 6.26 Å². The number of aryl methyl sites for hydroxylation is 1. The summed E-state index contributed by atoms with van der Waals surface area (Å²) in [6.45, 7) is 6.04. The first-order chi connectivity index (χ1) is 16.9. The first-order valence-corrected chi connectivity index (χ1v) is 11.9. The van der Waals surface area contributed by atoms with Gasteiger partial charge in [0.05, 0.1) is 30.7 Å². The Kier molecular flexibility index (Phi) is 7.02. The number of thiazole rings is 1. The average molecular weight is 497 g/mol. The summed E-state index contributed by atoms with van der Waals surface area (Å²) in [4.78, 5) is 44.3. The Hall–Kier alpha value is -3.92. The lowest BCUT2D eigenvalue weighted by atomic mass is 9.99. The Morgan fingerprint density at radius 2 is 1.94 bits per heavy atom. The van der Waals surface area contributed by atoms with Gasteiger partial charge in [0.1, 0.15) is 28.2 Å². The van der Waals surface area contributed by atoms with Crippen LogP contribution in [0.2, 0.25) is 0 Å². The number of ether oxygens (including phenoxy) is 2. The molecule has 3 heterocycles. The van der Waals surface area contributed by atoms with Gasteiger partial charge in [0.25, 0.3) is 5.78 Å². The van der Waals surface area contributed by atoms with Gasteiger partial charge in [-0.15, -0.1) is 0 Å². The van der Waals surface area contributed by atoms with Crippen LogP contribution in [0.1, 0.15) is 53.0 Å². The lowest BCUT2D eigenvalue weighted by Crippen LogP contribution is -2.29. The lowest BCUT2D eigenvalue weighted by Gasteiger charge is -2.20. The Labute approximate surface area is 205 Å². The fourth-order valence-electron chi connectivity index (χ4n) is 3.70. The number of carbonyl (C=O) groups excluding carboxylic acids is 3. The van der Waals surface area contributed by atoms with Gasteiger partial charge in [0.2, 0.25) is 0 Å². The standard InChI is InChI=1S/C25H24N2O7S/c1-4-12-33-16-10-8-15(9-11-16)20(28)18-19(17-7-6-13-34-17)27(23(30)21(18)29)25-26-14(3)22(35-25)24(31)32-5-2/h6-11,13,19,28H,4-5,12H2,1-3H3/t19-/m0/s1. The molecular weight excluding hydrogens is 472 g/mol. The third-order valence-electron chi connectivity index (χ3n) is 5.31. The van der Waals surface area contributed by atoms with E-state index in [1.807, 2.05) is 6.92 Å². The maximum absolute atomic E-state index is 13.2. The molecule has 0 unspecified atom stereocenters. The summed E-state index contributed by atoms with van der Waals surface area (Å²) in [5.41, 5.74) is 0.565. The van der Waals surface area contributed by atoms with E-state index in [-0.39, 0.29) is 33.7 Å². The van der Waals surface area contributed by atoms with Crippen LogP contribution in [0.4, 0.5) is 5.13 Å². The Morgan fingerprint density at radius 3 is 2.57 bits per heavy atom. The molecule has 0 spiro atoms. The number of anilines is 1. The van der Waals surface area contributed by atoms with Crippen molar-refractivity contribution < 1.29 is 33.4 Å². The minimum Gasteiger partial charge on any atom is -0.507 e. The highest BCUT2D eigenvalue weighted by molar-refractivity contribution is 7.17. The van der Waals surface area contributed by atoms with Crippen LogP contribution >= 0.6 is 11.3 Å². The summed E-state index contributed by atoms with van der Waals surface area (Å²) in [5.74, 6) is -1.81. The molecule has 2 aromatic heterocycles. The molecule has 1 N–H and O–H groups in total. The topological polar surface area (TPSA) is 119 Å². The summed E-state index contributed by atoms with van der Waals surface area (Å²) in [6.07, 6.45) is 2.26. The monoisotopic (exact) mass is 496 g/mol. The zero-order valence-corrected chi connectivity index (χ0v) is 20.3. The average Bonchev–Trinajstić information content (AvgIpc) is 3.57. The number of ketones is 1. The number of furan rings is 1. The number of hydrogen-bond donors (Lipinski definition) is 1. The molecule has 1 aromatic carbocycles. The lowest BCUT2D eigenvalue weighted by molar-refractivity contribution is -0.132. The molecule has 182 valence electrons. The molecule has 10 heteroatoms. The van der Waals surface area contributed by atoms with Gasteiger partial charge >= 0.3 is 11.9 Å². The summed E-state index contributed by atoms with van der Waals surface area (Å²) < 4.78 is 16.2. The summed E-state index contributed by atoms with van der Waals surface area (Å²) in [5, 5.41) is 11.3. The number of benzene rings is 1. The van der Waals surface area contributed by atoms with Gasteiger partial charge in [-0.1, -0.05) is 18.3 Å². The molecule has 0 saturated carbocycles. The van der Waals surface area contributed by atoms with Crippen LogP contribution in [-0.4, -0.2) is 41.0 Å². The number of aromatic nitrogens is 1. The van der Waals surface area contributed by atoms with Crippen molar-refractivity contribution >= 4 is 39.9 Å². The summed E-state index contributed by atoms with van der Waals surface area (Å²) in [6, 6.07) is 8.73. The van der Waals surface area contributed by atoms with Gasteiger partial charge in [-0.05, 0) is 56.7 Å². The van der Waals surface area contributed by atoms with E-state index in [0.29, 0.717) is 23.6 Å². The SMILES string of the molecule is CCCOc1ccc(C(O)=C2C(=O)C(=O)N(c3nc(C)c(C(=O)OCC)s3)[C@H]2c2ccco2)cc1. The van der Waals surface area contributed by atoms with Gasteiger partial charge in [-0.25, -0.2) is 9.78 Å². The van der Waals surface area contributed by atoms with Crippen molar-refractivity contribution in [3.63, 3.8) is 0 Å². The molecule has 1 fully saturated rings. The van der Waals surface area contributed by atoms with Crippen LogP contribution in [0.25, 0.3) is 5.76 Å². The fraction of sp³-hybridized carbons (Fsp3) is 0.280. The summed E-state index contributed by atoms with van der Waals surface area (Å²) in [7, 11) is 0. The minimum atomic E-state index is -1.07. The van der Waals surface area contributed by atoms with E-state index in [0.717, 1.165) is 22.7 Å². The fourth-order valence-corrected chi connectivity index (χ4v) is 4.69. The quantitative estimate of drug-likeness (QED) is 0.207. The summed E-state index contributed by atoms with van der Waals surface area (Å²) >= 11 is 0.936. The van der Waals surface area contributed by atoms with Gasteiger partial charge in [-0.2, -0.15) is 0 Å². The first-order valence-electron chi connectivity index (χ1n) is 11.1. The number of rotatable bonds is 8. The van der Waals surface area contributed by atoms with Crippen molar-refractivity contribution in [3.8, 4) is 5.75 Å². The molecule has 1 atom stereocenters. The van der Waals surface area contributed by atoms with Crippen molar-refractivity contribution in [2.45, 2.75) is 33.2 Å². The van der Waals surface area contributed by atoms with Crippen molar-refractivity contribution in [1.29, 1.82) is 0 Å². The number of esters is 1. The highest BCUT2D eigenvalue weighted by Crippen LogP contribution is 2.44. The van der Waals surface area contributed by atoms with Crippen LogP contribution in [0, 0.1) is 6.92 Å². The highest BCUT2D eigenvalue weighted by atomic mass is 32.1. The van der Waals surface area contributed by atoms with Crippen molar-refractivity contribution in [3.05, 3.63) is 70.1 Å². The Balaban J connectivity index is 1.79. The van der Waals surface area contributed by atoms with Gasteiger partial charge in [-0.3, -0.25) is 14.5 Å². The Bertz CT molecular complexity index is 1280. The zero-order chi connectivity index (χ0) is 25.1. The molecular formula is C25H24N2O7S. The third-order valence-corrected chi connectivity index (χ3v) is 6.45. The molecule has 4 rings (SSSR count). The van der Waals surface area contributed by atoms with Gasteiger partial charge in [0, 0.05) is 5.56 Å². The number of aliphatic hydroxyl groups is 1. The second kappa shape index (κ2) is 10.1. The molecule has 9 nitrogen and oxygen atoms in total. The van der Waals surface area contributed by atoms with E-state index in [1.54, 1.807) is 50.2 Å². The number of Topliss-reactive ketones (excluding diaryl/α,β-unsaturated/α-hetero) is 1. The van der Waals surface area contributed by atoms with Crippen LogP contribution < -0.4 is 9.64 Å². The van der Waals surface area contributed by atoms with Crippen molar-refractivity contribution in [2.75, 3.05) is 18.1 Å². The first kappa shape index (κ1) is 24.2. The maximum atomic E-state index is 13.2. The minimum absolute atomic E-state index is 0.122. The third kappa shape index (κ3) is 4.57. The van der Waals surface area contributed by atoms with E-state index in [4.69, 9.17) is 13.9 Å². The van der Waals surface area contributed by atoms with E-state index in [2.05, 4.69) is 4.98 Å². The van der Waals surface area contributed by atoms with E-state index >= 15 is 0 Å². The maximum Gasteiger partial charge on any atom is 0.350 e. The van der Waals surface area contributed by atoms with Crippen molar-refractivity contribution in [1.82, 2.24) is 4.98 Å². The smallest absolute Gasteiger partial charge is 0.350 e. The van der Waals surface area contributed by atoms with Crippen LogP contribution in [0.15, 0.2) is 52.7 Å². The molecule has 0 bridgehead atoms. The number of aliphatic hydroxyl groups excluding tert-OH is 1. The van der Waals surface area contributed by atoms with E-state index < -0.39 is 23.7 Å². The molecule has 1 aliphatic rings. The molecule has 0 radical (unpaired) electrons. The normalized spacial score (nSPS) is 17.1. The molecule has 1 aliphatic heterocycles. The molecule has 0 aliphatic carbocycles. The largest absolute Gasteiger partial charge is 0.507 e. The highest BCUT2D eigenvalue weighted by Gasteiger charge is 2.49. The molecule has 1 amide bonds. The molecule has 1 saturated heterocycles. The predicted octanol–water partition coefficient (Wildman–Crippen LogP) is 4.64. The second-order valence-electron chi connectivity index (χ2n) is 7.69. The van der Waals surface area contributed by atoms with Gasteiger partial charge < -0.3 is 19.0 Å². The van der Waals surface area contributed by atoms with Crippen molar-refractivity contribution in [2.24, 2.45) is 0 Å². The van der Waals surface area contributed by atoms with E-state index in [9.17, 15) is 19.5 Å². The van der Waals surface area contributed by atoms with Crippen LogP contribution in [0.5, 0.6) is 5.75 Å². The molecule has 35 heavy (non-hydrogen) atoms. The second-order valence-corrected chi connectivity index (χ2v) is 8.67. The predicted molar refractivity (Wildman–Crippen MR) is 129 cm³/mol.